The molecule has 124 valence electrons. The number of hydrogen-bond donors (Lipinski definition) is 1. The maximum absolute atomic E-state index is 12.1. The van der Waals surface area contributed by atoms with Crippen molar-refractivity contribution in [3.63, 3.8) is 0 Å². The van der Waals surface area contributed by atoms with Crippen molar-refractivity contribution in [2.24, 2.45) is 0 Å². The van der Waals surface area contributed by atoms with Gasteiger partial charge in [0.1, 0.15) is 11.1 Å². The molecule has 0 unspecified atom stereocenters. The molecule has 1 aliphatic heterocycles. The van der Waals surface area contributed by atoms with Crippen LogP contribution in [0.5, 0.6) is 0 Å². The molecule has 2 heterocycles. The topological polar surface area (TPSA) is 86.3 Å². The second kappa shape index (κ2) is 5.72. The molecule has 0 radical (unpaired) electrons. The third-order valence-corrected chi connectivity index (χ3v) is 4.00. The molecule has 23 heavy (non-hydrogen) atoms. The number of carbonyl (C=O) groups is 1. The summed E-state index contributed by atoms with van der Waals surface area (Å²) in [4.78, 5) is 13.9. The van der Waals surface area contributed by atoms with Crippen molar-refractivity contribution in [1.82, 2.24) is 19.9 Å². The Bertz CT molecular complexity index is 711. The van der Waals surface area contributed by atoms with Gasteiger partial charge in [-0.05, 0) is 45.7 Å². The van der Waals surface area contributed by atoms with E-state index in [4.69, 9.17) is 10.5 Å². The molecule has 0 bridgehead atoms. The number of fused-ring (bicyclic) bond motifs is 1. The molecule has 0 atom stereocenters. The predicted octanol–water partition coefficient (Wildman–Crippen LogP) is 2.59. The first-order valence-electron chi connectivity index (χ1n) is 7.92. The van der Waals surface area contributed by atoms with Crippen LogP contribution in [0.3, 0.4) is 0 Å². The standard InChI is InChI=1S/C16H23N5O2/c1-16(2,3)23-15(22)20-9-7-11(8-10-20)21-13-6-4-5-12(17)14(13)18-19-21/h4-6,11H,7-10,17H2,1-3H3. The van der Waals surface area contributed by atoms with Gasteiger partial charge in [0.25, 0.3) is 0 Å². The van der Waals surface area contributed by atoms with Crippen LogP contribution in [0.2, 0.25) is 0 Å². The lowest BCUT2D eigenvalue weighted by molar-refractivity contribution is 0.0185. The van der Waals surface area contributed by atoms with Crippen molar-refractivity contribution < 1.29 is 9.53 Å². The maximum Gasteiger partial charge on any atom is 0.410 e. The quantitative estimate of drug-likeness (QED) is 0.817. The van der Waals surface area contributed by atoms with Gasteiger partial charge in [-0.3, -0.25) is 0 Å². The molecule has 0 spiro atoms. The first-order valence-corrected chi connectivity index (χ1v) is 7.92. The zero-order valence-corrected chi connectivity index (χ0v) is 13.8. The van der Waals surface area contributed by atoms with Crippen LogP contribution in [0.1, 0.15) is 39.7 Å². The Kier molecular flexibility index (Phi) is 3.87. The van der Waals surface area contributed by atoms with Gasteiger partial charge in [-0.1, -0.05) is 11.3 Å². The van der Waals surface area contributed by atoms with Crippen LogP contribution in [0.25, 0.3) is 11.0 Å². The van der Waals surface area contributed by atoms with Gasteiger partial charge < -0.3 is 15.4 Å². The van der Waals surface area contributed by atoms with E-state index >= 15 is 0 Å². The monoisotopic (exact) mass is 317 g/mol. The molecule has 7 heteroatoms. The summed E-state index contributed by atoms with van der Waals surface area (Å²) in [5.41, 5.74) is 7.79. The number of carbonyl (C=O) groups excluding carboxylic acids is 1. The van der Waals surface area contributed by atoms with Crippen molar-refractivity contribution in [3.05, 3.63) is 18.2 Å². The van der Waals surface area contributed by atoms with Crippen LogP contribution in [0, 0.1) is 0 Å². The van der Waals surface area contributed by atoms with Gasteiger partial charge in [0, 0.05) is 13.1 Å². The number of aromatic nitrogens is 3. The Labute approximate surface area is 135 Å². The van der Waals surface area contributed by atoms with E-state index in [1.54, 1.807) is 4.90 Å². The van der Waals surface area contributed by atoms with Crippen molar-refractivity contribution >= 4 is 22.8 Å². The van der Waals surface area contributed by atoms with E-state index in [2.05, 4.69) is 10.3 Å². The van der Waals surface area contributed by atoms with E-state index in [-0.39, 0.29) is 12.1 Å². The summed E-state index contributed by atoms with van der Waals surface area (Å²) in [7, 11) is 0. The number of nitrogens with two attached hydrogens (primary N) is 1. The number of nitrogens with zero attached hydrogens (tertiary/aromatic N) is 4. The first-order chi connectivity index (χ1) is 10.8. The van der Waals surface area contributed by atoms with E-state index in [9.17, 15) is 4.79 Å². The Morgan fingerprint density at radius 1 is 1.30 bits per heavy atom. The number of benzene rings is 1. The molecule has 0 saturated carbocycles. The summed E-state index contributed by atoms with van der Waals surface area (Å²) < 4.78 is 7.35. The van der Waals surface area contributed by atoms with E-state index in [1.807, 2.05) is 43.7 Å². The second-order valence-electron chi connectivity index (χ2n) is 6.95. The van der Waals surface area contributed by atoms with Crippen LogP contribution in [-0.4, -0.2) is 44.7 Å². The van der Waals surface area contributed by atoms with Gasteiger partial charge in [-0.15, -0.1) is 5.10 Å². The highest BCUT2D eigenvalue weighted by Crippen LogP contribution is 2.27. The number of anilines is 1. The summed E-state index contributed by atoms with van der Waals surface area (Å²) in [6.45, 7) is 6.95. The van der Waals surface area contributed by atoms with Gasteiger partial charge in [-0.2, -0.15) is 0 Å². The number of likely N-dealkylation sites (tertiary alicyclic amines) is 1. The van der Waals surface area contributed by atoms with Crippen LogP contribution in [-0.2, 0) is 4.74 Å². The third kappa shape index (κ3) is 3.23. The van der Waals surface area contributed by atoms with Gasteiger partial charge >= 0.3 is 6.09 Å². The van der Waals surface area contributed by atoms with E-state index in [1.165, 1.54) is 0 Å². The lowest BCUT2D eigenvalue weighted by atomic mass is 10.1. The number of rotatable bonds is 1. The lowest BCUT2D eigenvalue weighted by Crippen LogP contribution is -2.42. The number of nitrogen functional groups attached to an aromatic ring is 1. The fourth-order valence-corrected chi connectivity index (χ4v) is 2.87. The molecule has 2 N–H and O–H groups in total. The molecule has 2 aromatic rings. The number of ether oxygens (including phenoxy) is 1. The second-order valence-corrected chi connectivity index (χ2v) is 6.95. The smallest absolute Gasteiger partial charge is 0.410 e. The SMILES string of the molecule is CC(C)(C)OC(=O)N1CCC(n2nnc3c(N)cccc32)CC1. The fourth-order valence-electron chi connectivity index (χ4n) is 2.87. The zero-order chi connectivity index (χ0) is 16.6. The Hall–Kier alpha value is -2.31. The van der Waals surface area contributed by atoms with Crippen molar-refractivity contribution in [2.75, 3.05) is 18.8 Å². The van der Waals surface area contributed by atoms with Crippen LogP contribution in [0.4, 0.5) is 10.5 Å². The number of hydrogen-bond acceptors (Lipinski definition) is 5. The van der Waals surface area contributed by atoms with Crippen molar-refractivity contribution in [2.45, 2.75) is 45.3 Å². The minimum absolute atomic E-state index is 0.223. The average molecular weight is 317 g/mol. The third-order valence-electron chi connectivity index (χ3n) is 4.00. The summed E-state index contributed by atoms with van der Waals surface area (Å²) >= 11 is 0. The molecule has 1 aromatic heterocycles. The van der Waals surface area contributed by atoms with Gasteiger partial charge in [0.05, 0.1) is 17.2 Å². The zero-order valence-electron chi connectivity index (χ0n) is 13.8. The van der Waals surface area contributed by atoms with Crippen LogP contribution in [0.15, 0.2) is 18.2 Å². The molecule has 3 rings (SSSR count). The largest absolute Gasteiger partial charge is 0.444 e. The average Bonchev–Trinajstić information content (AvgIpc) is 2.91. The molecule has 1 fully saturated rings. The van der Waals surface area contributed by atoms with Crippen molar-refractivity contribution in [1.29, 1.82) is 0 Å². The molecule has 1 aliphatic rings. The highest BCUT2D eigenvalue weighted by atomic mass is 16.6. The normalized spacial score (nSPS) is 16.7. The summed E-state index contributed by atoms with van der Waals surface area (Å²) in [6.07, 6.45) is 1.41. The summed E-state index contributed by atoms with van der Waals surface area (Å²) in [5.74, 6) is 0. The van der Waals surface area contributed by atoms with E-state index < -0.39 is 5.60 Å². The highest BCUT2D eigenvalue weighted by Gasteiger charge is 2.28. The molecule has 1 aromatic carbocycles. The van der Waals surface area contributed by atoms with Crippen LogP contribution < -0.4 is 5.73 Å². The Morgan fingerprint density at radius 2 is 2.00 bits per heavy atom. The van der Waals surface area contributed by atoms with Gasteiger partial charge in [0.2, 0.25) is 0 Å². The lowest BCUT2D eigenvalue weighted by Gasteiger charge is -2.33. The Balaban J connectivity index is 1.69. The first kappa shape index (κ1) is 15.6. The molecule has 7 nitrogen and oxygen atoms in total. The number of amides is 1. The van der Waals surface area contributed by atoms with E-state index in [0.29, 0.717) is 18.8 Å². The molecular weight excluding hydrogens is 294 g/mol. The van der Waals surface area contributed by atoms with Gasteiger partial charge in [-0.25, -0.2) is 9.48 Å². The minimum atomic E-state index is -0.465. The van der Waals surface area contributed by atoms with Crippen molar-refractivity contribution in [3.8, 4) is 0 Å². The van der Waals surface area contributed by atoms with E-state index in [0.717, 1.165) is 23.9 Å². The predicted molar refractivity (Wildman–Crippen MR) is 88.0 cm³/mol. The summed E-state index contributed by atoms with van der Waals surface area (Å²) in [6, 6.07) is 5.94. The maximum atomic E-state index is 12.1. The van der Waals surface area contributed by atoms with Crippen LogP contribution >= 0.6 is 0 Å². The highest BCUT2D eigenvalue weighted by molar-refractivity contribution is 5.86. The summed E-state index contributed by atoms with van der Waals surface area (Å²) in [5, 5.41) is 8.44. The molecule has 1 amide bonds. The van der Waals surface area contributed by atoms with Gasteiger partial charge in [0.15, 0.2) is 0 Å². The molecule has 1 saturated heterocycles. The fraction of sp³-hybridized carbons (Fsp3) is 0.562. The Morgan fingerprint density at radius 3 is 2.65 bits per heavy atom. The molecular formula is C16H23N5O2. The molecule has 0 aliphatic carbocycles. The number of piperidine rings is 1. The minimum Gasteiger partial charge on any atom is -0.444 e.